The number of aromatic nitrogens is 1. The predicted octanol–water partition coefficient (Wildman–Crippen LogP) is 4.60. The minimum Gasteiger partial charge on any atom is -0.379 e. The summed E-state index contributed by atoms with van der Waals surface area (Å²) in [5, 5.41) is 9.24. The number of carbonyl (C=O) groups is 1. The topological polar surface area (TPSA) is 54.0 Å². The van der Waals surface area contributed by atoms with Crippen molar-refractivity contribution >= 4 is 23.2 Å². The molecule has 0 radical (unpaired) electrons. The summed E-state index contributed by atoms with van der Waals surface area (Å²) in [5.74, 6) is 0.0398. The van der Waals surface area contributed by atoms with Crippen LogP contribution in [0.5, 0.6) is 0 Å². The fourth-order valence-corrected chi connectivity index (χ4v) is 3.83. The number of hydrogen-bond acceptors (Lipinski definition) is 5. The SMILES string of the molecule is O=C(c1ccccc1)c1ccc(NCC2=CSC(c3cccnc3)N2)cc1. The quantitative estimate of drug-likeness (QED) is 0.619. The van der Waals surface area contributed by atoms with Gasteiger partial charge in [0.25, 0.3) is 0 Å². The second-order valence-corrected chi connectivity index (χ2v) is 7.20. The molecular weight excluding hydrogens is 354 g/mol. The van der Waals surface area contributed by atoms with Gasteiger partial charge in [-0.25, -0.2) is 0 Å². The van der Waals surface area contributed by atoms with Crippen molar-refractivity contribution in [3.8, 4) is 0 Å². The van der Waals surface area contributed by atoms with Crippen molar-refractivity contribution in [2.24, 2.45) is 0 Å². The molecule has 3 aromatic rings. The lowest BCUT2D eigenvalue weighted by Gasteiger charge is -2.14. The van der Waals surface area contributed by atoms with Gasteiger partial charge in [-0.3, -0.25) is 9.78 Å². The molecule has 2 N–H and O–H groups in total. The van der Waals surface area contributed by atoms with E-state index in [1.807, 2.05) is 66.9 Å². The predicted molar refractivity (Wildman–Crippen MR) is 111 cm³/mol. The van der Waals surface area contributed by atoms with Gasteiger partial charge in [0.2, 0.25) is 0 Å². The smallest absolute Gasteiger partial charge is 0.193 e. The second kappa shape index (κ2) is 8.10. The lowest BCUT2D eigenvalue weighted by molar-refractivity contribution is 0.103. The zero-order valence-corrected chi connectivity index (χ0v) is 15.4. The van der Waals surface area contributed by atoms with Gasteiger partial charge in [0, 0.05) is 40.5 Å². The van der Waals surface area contributed by atoms with E-state index in [4.69, 9.17) is 0 Å². The molecule has 1 atom stereocenters. The van der Waals surface area contributed by atoms with E-state index in [9.17, 15) is 4.79 Å². The average molecular weight is 373 g/mol. The molecule has 2 heterocycles. The maximum atomic E-state index is 12.4. The summed E-state index contributed by atoms with van der Waals surface area (Å²) >= 11 is 1.74. The van der Waals surface area contributed by atoms with Crippen molar-refractivity contribution in [1.82, 2.24) is 10.3 Å². The van der Waals surface area contributed by atoms with Crippen LogP contribution in [-0.4, -0.2) is 17.3 Å². The third-order valence-electron chi connectivity index (χ3n) is 4.32. The van der Waals surface area contributed by atoms with E-state index in [1.54, 1.807) is 18.0 Å². The summed E-state index contributed by atoms with van der Waals surface area (Å²) in [5.41, 5.74) is 4.68. The van der Waals surface area contributed by atoms with Gasteiger partial charge < -0.3 is 10.6 Å². The first-order valence-electron chi connectivity index (χ1n) is 8.74. The van der Waals surface area contributed by atoms with Crippen LogP contribution in [0.4, 0.5) is 5.69 Å². The number of benzene rings is 2. The van der Waals surface area contributed by atoms with Crippen molar-refractivity contribution in [2.75, 3.05) is 11.9 Å². The van der Waals surface area contributed by atoms with Crippen molar-refractivity contribution in [1.29, 1.82) is 0 Å². The summed E-state index contributed by atoms with van der Waals surface area (Å²) in [6, 6.07) is 21.0. The summed E-state index contributed by atoms with van der Waals surface area (Å²) in [7, 11) is 0. The Kier molecular flexibility index (Phi) is 5.21. The first-order chi connectivity index (χ1) is 13.3. The highest BCUT2D eigenvalue weighted by Crippen LogP contribution is 2.33. The Balaban J connectivity index is 1.33. The first-order valence-corrected chi connectivity index (χ1v) is 9.68. The molecule has 1 unspecified atom stereocenters. The lowest BCUT2D eigenvalue weighted by atomic mass is 10.0. The van der Waals surface area contributed by atoms with Gasteiger partial charge in [0.05, 0.1) is 6.54 Å². The Morgan fingerprint density at radius 3 is 2.52 bits per heavy atom. The van der Waals surface area contributed by atoms with Crippen LogP contribution in [0, 0.1) is 0 Å². The molecule has 0 fully saturated rings. The number of nitrogens with one attached hydrogen (secondary N) is 2. The molecule has 1 aliphatic rings. The van der Waals surface area contributed by atoms with Crippen LogP contribution in [0.1, 0.15) is 26.9 Å². The molecule has 0 spiro atoms. The lowest BCUT2D eigenvalue weighted by Crippen LogP contribution is -2.18. The number of pyridine rings is 1. The largest absolute Gasteiger partial charge is 0.379 e. The summed E-state index contributed by atoms with van der Waals surface area (Å²) in [4.78, 5) is 16.6. The van der Waals surface area contributed by atoms with Crippen molar-refractivity contribution < 1.29 is 4.79 Å². The minimum absolute atomic E-state index is 0.0398. The van der Waals surface area contributed by atoms with Crippen LogP contribution >= 0.6 is 11.8 Å². The molecule has 4 nitrogen and oxygen atoms in total. The van der Waals surface area contributed by atoms with E-state index in [-0.39, 0.29) is 11.2 Å². The summed E-state index contributed by atoms with van der Waals surface area (Å²) in [6.07, 6.45) is 3.67. The maximum Gasteiger partial charge on any atom is 0.193 e. The molecule has 134 valence electrons. The number of carbonyl (C=O) groups excluding carboxylic acids is 1. The van der Waals surface area contributed by atoms with Crippen LogP contribution in [0.25, 0.3) is 0 Å². The van der Waals surface area contributed by atoms with Crippen molar-refractivity contribution in [3.63, 3.8) is 0 Å². The average Bonchev–Trinajstić information content (AvgIpc) is 3.22. The molecule has 0 amide bonds. The molecule has 0 bridgehead atoms. The molecule has 4 rings (SSSR count). The standard InChI is InChI=1S/C22H19N3OS/c26-21(16-5-2-1-3-6-16)17-8-10-19(11-9-17)24-14-20-15-27-22(25-20)18-7-4-12-23-13-18/h1-13,15,22,24-25H,14H2. The number of rotatable bonds is 6. The second-order valence-electron chi connectivity index (χ2n) is 6.22. The maximum absolute atomic E-state index is 12.4. The molecule has 5 heteroatoms. The number of hydrogen-bond donors (Lipinski definition) is 2. The van der Waals surface area contributed by atoms with Gasteiger partial charge in [-0.1, -0.05) is 36.4 Å². The normalized spacial score (nSPS) is 15.7. The third kappa shape index (κ3) is 4.20. The Bertz CT molecular complexity index is 940. The van der Waals surface area contributed by atoms with Crippen LogP contribution < -0.4 is 10.6 Å². The van der Waals surface area contributed by atoms with E-state index in [2.05, 4.69) is 27.1 Å². The highest BCUT2D eigenvalue weighted by atomic mass is 32.2. The van der Waals surface area contributed by atoms with Gasteiger partial charge in [-0.05, 0) is 35.7 Å². The summed E-state index contributed by atoms with van der Waals surface area (Å²) < 4.78 is 0. The van der Waals surface area contributed by atoms with Crippen LogP contribution in [-0.2, 0) is 0 Å². The fourth-order valence-electron chi connectivity index (χ4n) is 2.87. The van der Waals surface area contributed by atoms with E-state index >= 15 is 0 Å². The summed E-state index contributed by atoms with van der Waals surface area (Å²) in [6.45, 7) is 0.704. The number of nitrogens with zero attached hydrogens (tertiary/aromatic N) is 1. The van der Waals surface area contributed by atoms with Gasteiger partial charge in [-0.2, -0.15) is 0 Å². The number of ketones is 1. The number of anilines is 1. The zero-order chi connectivity index (χ0) is 18.5. The molecule has 2 aromatic carbocycles. The zero-order valence-electron chi connectivity index (χ0n) is 14.6. The minimum atomic E-state index is 0.0398. The van der Waals surface area contributed by atoms with Gasteiger partial charge in [-0.15, -0.1) is 11.8 Å². The van der Waals surface area contributed by atoms with Crippen LogP contribution in [0.3, 0.4) is 0 Å². The van der Waals surface area contributed by atoms with Gasteiger partial charge in [0.1, 0.15) is 5.37 Å². The fraction of sp³-hybridized carbons (Fsp3) is 0.0909. The highest BCUT2D eigenvalue weighted by Gasteiger charge is 2.18. The van der Waals surface area contributed by atoms with Gasteiger partial charge in [0.15, 0.2) is 5.78 Å². The number of thioether (sulfide) groups is 1. The van der Waals surface area contributed by atoms with Gasteiger partial charge >= 0.3 is 0 Å². The molecule has 0 saturated carbocycles. The highest BCUT2D eigenvalue weighted by molar-refractivity contribution is 8.02. The molecule has 1 aliphatic heterocycles. The van der Waals surface area contributed by atoms with E-state index in [1.165, 1.54) is 0 Å². The molecule has 0 aliphatic carbocycles. The molecule has 1 aromatic heterocycles. The third-order valence-corrected chi connectivity index (χ3v) is 5.40. The Labute approximate surface area is 162 Å². The van der Waals surface area contributed by atoms with Crippen LogP contribution in [0.2, 0.25) is 0 Å². The van der Waals surface area contributed by atoms with Crippen LogP contribution in [0.15, 0.2) is 90.2 Å². The van der Waals surface area contributed by atoms with E-state index < -0.39 is 0 Å². The van der Waals surface area contributed by atoms with Crippen molar-refractivity contribution in [3.05, 3.63) is 107 Å². The Morgan fingerprint density at radius 2 is 1.78 bits per heavy atom. The molecule has 27 heavy (non-hydrogen) atoms. The van der Waals surface area contributed by atoms with E-state index in [0.29, 0.717) is 17.7 Å². The van der Waals surface area contributed by atoms with Crippen molar-refractivity contribution in [2.45, 2.75) is 5.37 Å². The monoisotopic (exact) mass is 373 g/mol. The Hall–Kier alpha value is -3.05. The Morgan fingerprint density at radius 1 is 1.00 bits per heavy atom. The molecular formula is C22H19N3OS. The van der Waals surface area contributed by atoms with E-state index in [0.717, 1.165) is 16.9 Å². The first kappa shape index (κ1) is 17.4. The molecule has 0 saturated heterocycles.